The van der Waals surface area contributed by atoms with E-state index < -0.39 is 17.8 Å². The predicted molar refractivity (Wildman–Crippen MR) is 59.9 cm³/mol. The van der Waals surface area contributed by atoms with Crippen LogP contribution in [0.15, 0.2) is 24.3 Å². The highest BCUT2D eigenvalue weighted by atomic mass is 19.4. The highest BCUT2D eigenvalue weighted by Gasteiger charge is 2.37. The van der Waals surface area contributed by atoms with Crippen molar-refractivity contribution < 1.29 is 23.0 Å². The van der Waals surface area contributed by atoms with Crippen molar-refractivity contribution in [2.24, 2.45) is 5.92 Å². The number of hydrogen-bond donors (Lipinski definition) is 1. The van der Waals surface area contributed by atoms with Crippen molar-refractivity contribution in [1.29, 1.82) is 0 Å². The van der Waals surface area contributed by atoms with Crippen molar-refractivity contribution in [1.82, 2.24) is 0 Å². The SMILES string of the molecule is OCC1CCCOC1c1ccccc1C(F)(F)F. The summed E-state index contributed by atoms with van der Waals surface area (Å²) in [5.41, 5.74) is -0.542. The predicted octanol–water partition coefficient (Wildman–Crippen LogP) is 3.17. The first-order valence-corrected chi connectivity index (χ1v) is 5.92. The van der Waals surface area contributed by atoms with Gasteiger partial charge in [0.05, 0.1) is 11.7 Å². The molecule has 2 nitrogen and oxygen atoms in total. The van der Waals surface area contributed by atoms with Gasteiger partial charge in [-0.25, -0.2) is 0 Å². The van der Waals surface area contributed by atoms with Crippen LogP contribution < -0.4 is 0 Å². The Morgan fingerprint density at radius 1 is 1.28 bits per heavy atom. The fraction of sp³-hybridized carbons (Fsp3) is 0.538. The molecule has 0 aliphatic carbocycles. The fourth-order valence-corrected chi connectivity index (χ4v) is 2.38. The number of aliphatic hydroxyl groups excluding tert-OH is 1. The third-order valence-corrected chi connectivity index (χ3v) is 3.25. The molecule has 0 radical (unpaired) electrons. The van der Waals surface area contributed by atoms with E-state index in [9.17, 15) is 18.3 Å². The zero-order valence-corrected chi connectivity index (χ0v) is 9.78. The molecular formula is C13H15F3O2. The lowest BCUT2D eigenvalue weighted by Crippen LogP contribution is -2.27. The minimum Gasteiger partial charge on any atom is -0.396 e. The molecule has 1 aromatic carbocycles. The molecule has 1 aliphatic heterocycles. The molecule has 1 heterocycles. The molecule has 1 aliphatic rings. The standard InChI is InChI=1S/C13H15F3O2/c14-13(15,16)11-6-2-1-5-10(11)12-9(8-17)4-3-7-18-12/h1-2,5-6,9,12,17H,3-4,7-8H2. The van der Waals surface area contributed by atoms with Gasteiger partial charge in [0, 0.05) is 19.1 Å². The van der Waals surface area contributed by atoms with Crippen molar-refractivity contribution in [3.8, 4) is 0 Å². The zero-order valence-electron chi connectivity index (χ0n) is 9.78. The van der Waals surface area contributed by atoms with E-state index in [-0.39, 0.29) is 18.1 Å². The molecule has 5 heteroatoms. The van der Waals surface area contributed by atoms with Gasteiger partial charge in [-0.2, -0.15) is 13.2 Å². The molecule has 2 rings (SSSR count). The molecule has 100 valence electrons. The summed E-state index contributed by atoms with van der Waals surface area (Å²) in [7, 11) is 0. The Kier molecular flexibility index (Phi) is 3.92. The Bertz CT molecular complexity index is 403. The third-order valence-electron chi connectivity index (χ3n) is 3.25. The second-order valence-corrected chi connectivity index (χ2v) is 4.46. The van der Waals surface area contributed by atoms with Gasteiger partial charge in [-0.15, -0.1) is 0 Å². The molecule has 2 atom stereocenters. The van der Waals surface area contributed by atoms with Crippen molar-refractivity contribution in [2.45, 2.75) is 25.1 Å². The third kappa shape index (κ3) is 2.67. The summed E-state index contributed by atoms with van der Waals surface area (Å²) in [6.45, 7) is 0.282. The number of alkyl halides is 3. The van der Waals surface area contributed by atoms with Crippen LogP contribution in [0, 0.1) is 5.92 Å². The number of benzene rings is 1. The smallest absolute Gasteiger partial charge is 0.396 e. The summed E-state index contributed by atoms with van der Waals surface area (Å²) in [5.74, 6) is -0.262. The van der Waals surface area contributed by atoms with Gasteiger partial charge in [-0.3, -0.25) is 0 Å². The van der Waals surface area contributed by atoms with Crippen molar-refractivity contribution >= 4 is 0 Å². The lowest BCUT2D eigenvalue weighted by Gasteiger charge is -2.32. The minimum absolute atomic E-state index is 0.128. The van der Waals surface area contributed by atoms with Gasteiger partial charge in [0.15, 0.2) is 0 Å². The Hall–Kier alpha value is -1.07. The monoisotopic (exact) mass is 260 g/mol. The molecule has 2 unspecified atom stereocenters. The van der Waals surface area contributed by atoms with E-state index in [1.165, 1.54) is 12.1 Å². The highest BCUT2D eigenvalue weighted by Crippen LogP contribution is 2.40. The Labute approximate surface area is 103 Å². The first kappa shape index (κ1) is 13.4. The second-order valence-electron chi connectivity index (χ2n) is 4.46. The summed E-state index contributed by atoms with van der Waals surface area (Å²) >= 11 is 0. The molecule has 1 N–H and O–H groups in total. The summed E-state index contributed by atoms with van der Waals surface area (Å²) in [4.78, 5) is 0. The van der Waals surface area contributed by atoms with Crippen LogP contribution in [0.1, 0.15) is 30.1 Å². The van der Waals surface area contributed by atoms with E-state index >= 15 is 0 Å². The van der Waals surface area contributed by atoms with Gasteiger partial charge in [0.25, 0.3) is 0 Å². The van der Waals surface area contributed by atoms with Crippen LogP contribution in [0.3, 0.4) is 0 Å². The quantitative estimate of drug-likeness (QED) is 0.885. The van der Waals surface area contributed by atoms with Crippen LogP contribution >= 0.6 is 0 Å². The first-order chi connectivity index (χ1) is 8.54. The second kappa shape index (κ2) is 5.28. The first-order valence-electron chi connectivity index (χ1n) is 5.92. The van der Waals surface area contributed by atoms with Crippen LogP contribution in [0.25, 0.3) is 0 Å². The summed E-state index contributed by atoms with van der Waals surface area (Å²) in [6.07, 6.45) is -3.60. The largest absolute Gasteiger partial charge is 0.416 e. The topological polar surface area (TPSA) is 29.5 Å². The molecule has 0 spiro atoms. The van der Waals surface area contributed by atoms with Crippen LogP contribution in [0.4, 0.5) is 13.2 Å². The molecule has 18 heavy (non-hydrogen) atoms. The Balaban J connectivity index is 2.37. The van der Waals surface area contributed by atoms with E-state index in [1.807, 2.05) is 0 Å². The molecule has 0 aromatic heterocycles. The van der Waals surface area contributed by atoms with Crippen molar-refractivity contribution in [3.05, 3.63) is 35.4 Å². The minimum atomic E-state index is -4.39. The van der Waals surface area contributed by atoms with Crippen molar-refractivity contribution in [2.75, 3.05) is 13.2 Å². The van der Waals surface area contributed by atoms with Gasteiger partial charge in [-0.1, -0.05) is 18.2 Å². The van der Waals surface area contributed by atoms with Crippen LogP contribution in [0.2, 0.25) is 0 Å². The number of ether oxygens (including phenoxy) is 1. The highest BCUT2D eigenvalue weighted by molar-refractivity contribution is 5.32. The van der Waals surface area contributed by atoms with Gasteiger partial charge < -0.3 is 9.84 Å². The maximum absolute atomic E-state index is 12.9. The number of hydrogen-bond acceptors (Lipinski definition) is 2. The molecular weight excluding hydrogens is 245 g/mol. The molecule has 0 amide bonds. The summed E-state index contributed by atoms with van der Waals surface area (Å²) < 4.78 is 44.2. The van der Waals surface area contributed by atoms with E-state index in [4.69, 9.17) is 4.74 Å². The maximum atomic E-state index is 12.9. The van der Waals surface area contributed by atoms with Crippen LogP contribution in [-0.4, -0.2) is 18.3 Å². The Morgan fingerprint density at radius 2 is 2.00 bits per heavy atom. The summed E-state index contributed by atoms with van der Waals surface area (Å²) in [6, 6.07) is 5.42. The van der Waals surface area contributed by atoms with Gasteiger partial charge in [0.1, 0.15) is 0 Å². The fourth-order valence-electron chi connectivity index (χ4n) is 2.38. The molecule has 0 bridgehead atoms. The van der Waals surface area contributed by atoms with E-state index in [0.29, 0.717) is 13.0 Å². The number of rotatable bonds is 2. The van der Waals surface area contributed by atoms with Crippen LogP contribution in [-0.2, 0) is 10.9 Å². The molecule has 1 fully saturated rings. The number of aliphatic hydroxyl groups is 1. The zero-order chi connectivity index (χ0) is 13.2. The van der Waals surface area contributed by atoms with Gasteiger partial charge in [0.2, 0.25) is 0 Å². The van der Waals surface area contributed by atoms with Gasteiger partial charge in [-0.05, 0) is 24.5 Å². The molecule has 1 aromatic rings. The van der Waals surface area contributed by atoms with Crippen molar-refractivity contribution in [3.63, 3.8) is 0 Å². The normalized spacial score (nSPS) is 25.1. The van der Waals surface area contributed by atoms with E-state index in [0.717, 1.165) is 12.5 Å². The number of halogens is 3. The van der Waals surface area contributed by atoms with Gasteiger partial charge >= 0.3 is 6.18 Å². The average Bonchev–Trinajstić information content (AvgIpc) is 2.37. The van der Waals surface area contributed by atoms with E-state index in [2.05, 4.69) is 0 Å². The van der Waals surface area contributed by atoms with Crippen LogP contribution in [0.5, 0.6) is 0 Å². The molecule has 0 saturated carbocycles. The summed E-state index contributed by atoms with van der Waals surface area (Å²) in [5, 5.41) is 9.26. The Morgan fingerprint density at radius 3 is 2.67 bits per heavy atom. The lowest BCUT2D eigenvalue weighted by molar-refractivity contribution is -0.141. The van der Waals surface area contributed by atoms with E-state index in [1.54, 1.807) is 6.07 Å². The average molecular weight is 260 g/mol. The lowest BCUT2D eigenvalue weighted by atomic mass is 9.88. The maximum Gasteiger partial charge on any atom is 0.416 e. The molecule has 1 saturated heterocycles.